The van der Waals surface area contributed by atoms with E-state index in [1.165, 1.54) is 0 Å². The number of methoxy groups -OCH3 is 1. The van der Waals surface area contributed by atoms with Crippen molar-refractivity contribution in [1.82, 2.24) is 10.6 Å². The maximum Gasteiger partial charge on any atom is 0.116 e. The number of halogens is 1. The van der Waals surface area contributed by atoms with Gasteiger partial charge in [0.25, 0.3) is 0 Å². The molecule has 0 amide bonds. The number of allylic oxidation sites excluding steroid dienone is 3. The molecule has 5 N–H and O–H groups in total. The minimum atomic E-state index is -0.239. The Morgan fingerprint density at radius 3 is 2.73 bits per heavy atom. The fourth-order valence-electron chi connectivity index (χ4n) is 2.80. The number of nitrogens with two attached hydrogens (primary N) is 1. The zero-order chi connectivity index (χ0) is 18.5. The van der Waals surface area contributed by atoms with E-state index in [9.17, 15) is 0 Å². The van der Waals surface area contributed by atoms with Gasteiger partial charge in [-0.2, -0.15) is 0 Å². The molecule has 0 bridgehead atoms. The normalized spacial score (nSPS) is 23.0. The molecule has 2 atom stereocenters. The van der Waals surface area contributed by atoms with Crippen LogP contribution < -0.4 is 21.7 Å². The van der Waals surface area contributed by atoms with E-state index in [1.807, 2.05) is 42.7 Å². The number of rotatable bonds is 6. The summed E-state index contributed by atoms with van der Waals surface area (Å²) in [4.78, 5) is 0. The molecule has 136 valence electrons. The van der Waals surface area contributed by atoms with Crippen LogP contribution >= 0.6 is 11.6 Å². The minimum absolute atomic E-state index is 0.0288. The molecule has 2 aliphatic heterocycles. The van der Waals surface area contributed by atoms with Crippen molar-refractivity contribution >= 4 is 17.3 Å². The molecule has 6 heteroatoms. The van der Waals surface area contributed by atoms with Crippen molar-refractivity contribution in [2.45, 2.75) is 18.8 Å². The first kappa shape index (κ1) is 18.2. The van der Waals surface area contributed by atoms with E-state index in [1.54, 1.807) is 7.11 Å². The molecule has 0 spiro atoms. The van der Waals surface area contributed by atoms with E-state index >= 15 is 0 Å². The zero-order valence-corrected chi connectivity index (χ0v) is 15.4. The van der Waals surface area contributed by atoms with Crippen molar-refractivity contribution in [3.8, 4) is 0 Å². The molecule has 0 aliphatic carbocycles. The summed E-state index contributed by atoms with van der Waals surface area (Å²) >= 11 is 5.91. The maximum absolute atomic E-state index is 6.10. The molecular formula is C20H23ClN4O. The Bertz CT molecular complexity index is 793. The van der Waals surface area contributed by atoms with Crippen LogP contribution in [0.2, 0.25) is 5.02 Å². The number of hydrogen-bond acceptors (Lipinski definition) is 5. The quantitative estimate of drug-likeness (QED) is 0.578. The minimum Gasteiger partial charge on any atom is -0.497 e. The number of nitrogens with one attached hydrogen (secondary N) is 3. The second-order valence-corrected chi connectivity index (χ2v) is 6.57. The predicted octanol–water partition coefficient (Wildman–Crippen LogP) is 3.37. The number of benzene rings is 1. The lowest BCUT2D eigenvalue weighted by Gasteiger charge is -2.21. The smallest absolute Gasteiger partial charge is 0.116 e. The highest BCUT2D eigenvalue weighted by Gasteiger charge is 2.21. The van der Waals surface area contributed by atoms with Crippen LogP contribution in [0.15, 0.2) is 84.0 Å². The lowest BCUT2D eigenvalue weighted by molar-refractivity contribution is 0.308. The fourth-order valence-corrected chi connectivity index (χ4v) is 2.92. The summed E-state index contributed by atoms with van der Waals surface area (Å²) in [6.45, 7) is 3.84. The summed E-state index contributed by atoms with van der Waals surface area (Å²) in [5, 5.41) is 10.6. The van der Waals surface area contributed by atoms with Gasteiger partial charge in [0.05, 0.1) is 7.11 Å². The Morgan fingerprint density at radius 1 is 1.31 bits per heavy atom. The van der Waals surface area contributed by atoms with Crippen LogP contribution in [0.1, 0.15) is 6.42 Å². The maximum atomic E-state index is 6.10. The van der Waals surface area contributed by atoms with E-state index in [0.717, 1.165) is 33.9 Å². The summed E-state index contributed by atoms with van der Waals surface area (Å²) in [5.41, 5.74) is 10.4. The van der Waals surface area contributed by atoms with E-state index in [0.29, 0.717) is 5.76 Å². The van der Waals surface area contributed by atoms with Crippen LogP contribution in [0, 0.1) is 0 Å². The van der Waals surface area contributed by atoms with Crippen LogP contribution in [-0.2, 0) is 4.74 Å². The average Bonchev–Trinajstić information content (AvgIpc) is 2.98. The van der Waals surface area contributed by atoms with Crippen molar-refractivity contribution in [3.05, 3.63) is 89.0 Å². The van der Waals surface area contributed by atoms with Gasteiger partial charge in [0.15, 0.2) is 0 Å². The highest BCUT2D eigenvalue weighted by molar-refractivity contribution is 6.30. The molecule has 2 aliphatic rings. The van der Waals surface area contributed by atoms with Gasteiger partial charge in [0, 0.05) is 29.5 Å². The van der Waals surface area contributed by atoms with Crippen LogP contribution in [0.4, 0.5) is 5.69 Å². The SMILES string of the molecule is C=C(/C=C1/C(CC2=CNC(Nc3ccc(Cl)cc3)C=C2)=CNC1N)OC. The number of dihydropyridines is 1. The second-order valence-electron chi connectivity index (χ2n) is 6.13. The number of anilines is 1. The van der Waals surface area contributed by atoms with Gasteiger partial charge in [0.2, 0.25) is 0 Å². The first-order valence-electron chi connectivity index (χ1n) is 8.36. The van der Waals surface area contributed by atoms with Crippen LogP contribution in [0.5, 0.6) is 0 Å². The summed E-state index contributed by atoms with van der Waals surface area (Å²) in [6, 6.07) is 7.63. The lowest BCUT2D eigenvalue weighted by atomic mass is 9.98. The van der Waals surface area contributed by atoms with Gasteiger partial charge in [-0.3, -0.25) is 0 Å². The first-order valence-corrected chi connectivity index (χ1v) is 8.74. The van der Waals surface area contributed by atoms with E-state index in [4.69, 9.17) is 22.1 Å². The molecule has 1 aromatic rings. The molecule has 3 rings (SSSR count). The molecule has 0 saturated carbocycles. The van der Waals surface area contributed by atoms with Gasteiger partial charge in [-0.25, -0.2) is 0 Å². The highest BCUT2D eigenvalue weighted by Crippen LogP contribution is 2.27. The predicted molar refractivity (Wildman–Crippen MR) is 107 cm³/mol. The van der Waals surface area contributed by atoms with E-state index < -0.39 is 0 Å². The van der Waals surface area contributed by atoms with E-state index in [2.05, 4.69) is 34.7 Å². The Morgan fingerprint density at radius 2 is 2.08 bits per heavy atom. The topological polar surface area (TPSA) is 71.3 Å². The number of hydrogen-bond donors (Lipinski definition) is 4. The van der Waals surface area contributed by atoms with E-state index in [-0.39, 0.29) is 12.3 Å². The zero-order valence-electron chi connectivity index (χ0n) is 14.6. The van der Waals surface area contributed by atoms with Crippen LogP contribution in [-0.4, -0.2) is 19.4 Å². The standard InChI is InChI=1S/C20H23ClN4O/c1-13(26-2)9-18-15(12-24-20(18)22)10-14-3-8-19(23-11-14)25-17-6-4-16(21)5-7-17/h3-9,11-12,19-20,23-25H,1,10,22H2,2H3/b18-9-. The Kier molecular flexibility index (Phi) is 5.71. The summed E-state index contributed by atoms with van der Waals surface area (Å²) in [6.07, 6.45) is 10.6. The third-order valence-electron chi connectivity index (χ3n) is 4.23. The Hall–Kier alpha value is -2.63. The van der Waals surface area contributed by atoms with Gasteiger partial charge < -0.3 is 26.4 Å². The second kappa shape index (κ2) is 8.17. The third kappa shape index (κ3) is 4.50. The third-order valence-corrected chi connectivity index (χ3v) is 4.49. The molecule has 0 fully saturated rings. The molecule has 2 unspecified atom stereocenters. The molecule has 2 heterocycles. The van der Waals surface area contributed by atoms with Crippen LogP contribution in [0.25, 0.3) is 0 Å². The van der Waals surface area contributed by atoms with Crippen molar-refractivity contribution in [2.24, 2.45) is 5.73 Å². The Balaban J connectivity index is 1.59. The van der Waals surface area contributed by atoms with Crippen molar-refractivity contribution < 1.29 is 4.74 Å². The average molecular weight is 371 g/mol. The first-order chi connectivity index (χ1) is 12.5. The van der Waals surface area contributed by atoms with Gasteiger partial charge in [-0.05, 0) is 53.1 Å². The van der Waals surface area contributed by atoms with Gasteiger partial charge in [0.1, 0.15) is 18.1 Å². The van der Waals surface area contributed by atoms with Gasteiger partial charge in [-0.15, -0.1) is 0 Å². The van der Waals surface area contributed by atoms with Gasteiger partial charge in [-0.1, -0.05) is 24.3 Å². The molecule has 0 saturated heterocycles. The highest BCUT2D eigenvalue weighted by atomic mass is 35.5. The van der Waals surface area contributed by atoms with Crippen molar-refractivity contribution in [2.75, 3.05) is 12.4 Å². The molecule has 0 radical (unpaired) electrons. The summed E-state index contributed by atoms with van der Waals surface area (Å²) in [7, 11) is 1.60. The summed E-state index contributed by atoms with van der Waals surface area (Å²) < 4.78 is 5.14. The largest absolute Gasteiger partial charge is 0.497 e. The molecule has 5 nitrogen and oxygen atoms in total. The molecule has 26 heavy (non-hydrogen) atoms. The van der Waals surface area contributed by atoms with Gasteiger partial charge >= 0.3 is 0 Å². The molecule has 1 aromatic carbocycles. The monoisotopic (exact) mass is 370 g/mol. The van der Waals surface area contributed by atoms with Crippen LogP contribution in [0.3, 0.4) is 0 Å². The Labute approximate surface area is 158 Å². The van der Waals surface area contributed by atoms with Crippen molar-refractivity contribution in [1.29, 1.82) is 0 Å². The molecular weight excluding hydrogens is 348 g/mol. The van der Waals surface area contributed by atoms with Crippen molar-refractivity contribution in [3.63, 3.8) is 0 Å². The molecule has 0 aromatic heterocycles. The lowest BCUT2D eigenvalue weighted by Crippen LogP contribution is -2.32. The summed E-state index contributed by atoms with van der Waals surface area (Å²) in [5.74, 6) is 0.587. The fraction of sp³-hybridized carbons (Fsp3) is 0.200. The number of ether oxygens (including phenoxy) is 1.